The summed E-state index contributed by atoms with van der Waals surface area (Å²) in [7, 11) is -3.11. The van der Waals surface area contributed by atoms with Gasteiger partial charge in [-0.2, -0.15) is 0 Å². The number of benzene rings is 1. The van der Waals surface area contributed by atoms with Gasteiger partial charge in [-0.05, 0) is 18.2 Å². The maximum Gasteiger partial charge on any atom is 0.425 e. The molecule has 1 aromatic carbocycles. The van der Waals surface area contributed by atoms with Crippen LogP contribution in [0.4, 0.5) is 0 Å². The van der Waals surface area contributed by atoms with Crippen LogP contribution in [-0.4, -0.2) is 34.8 Å². The van der Waals surface area contributed by atoms with Gasteiger partial charge in [0.25, 0.3) is 0 Å². The van der Waals surface area contributed by atoms with E-state index in [0.717, 1.165) is 6.07 Å². The molecule has 0 heterocycles. The fourth-order valence-corrected chi connectivity index (χ4v) is 0.785. The Morgan fingerprint density at radius 3 is 1.50 bits per heavy atom. The van der Waals surface area contributed by atoms with Crippen LogP contribution in [0.5, 0.6) is 0 Å². The number of rotatable bonds is 2. The van der Waals surface area contributed by atoms with Crippen LogP contribution in [0.3, 0.4) is 0 Å². The van der Waals surface area contributed by atoms with Gasteiger partial charge in [0.05, 0.1) is 11.1 Å². The van der Waals surface area contributed by atoms with Crippen molar-refractivity contribution in [2.45, 2.75) is 0 Å². The van der Waals surface area contributed by atoms with Gasteiger partial charge in [0, 0.05) is 0 Å². The topological polar surface area (TPSA) is 126 Å². The molecule has 1 rings (SSSR count). The molecule has 0 aromatic heterocycles. The van der Waals surface area contributed by atoms with E-state index in [0.29, 0.717) is 0 Å². The van der Waals surface area contributed by atoms with Crippen LogP contribution >= 0.6 is 0 Å². The van der Waals surface area contributed by atoms with Crippen molar-refractivity contribution >= 4 is 22.5 Å². The largest absolute Gasteiger partial charge is 0.478 e. The standard InChI is InChI=1S/C8H6O4.O3S/c9-7(10)5-2-1-3-6(4-5)8(11)12;1-4(2)3/h1-4H,(H,9,10)(H,11,12);. The number of carboxylic acid groups (broad SMARTS) is 2. The predicted octanol–water partition coefficient (Wildman–Crippen LogP) is 0.0789. The lowest BCUT2D eigenvalue weighted by Crippen LogP contribution is -2.01. The summed E-state index contributed by atoms with van der Waals surface area (Å²) in [6.45, 7) is 0. The molecular formula is C8H6O7S. The second-order valence-corrected chi connectivity index (χ2v) is 2.80. The Morgan fingerprint density at radius 2 is 1.25 bits per heavy atom. The van der Waals surface area contributed by atoms with Crippen molar-refractivity contribution in [3.8, 4) is 0 Å². The average Bonchev–Trinajstić information content (AvgIpc) is 2.17. The molecule has 7 nitrogen and oxygen atoms in total. The molecule has 0 saturated heterocycles. The predicted molar refractivity (Wildman–Crippen MR) is 50.1 cm³/mol. The number of carboxylic acids is 2. The van der Waals surface area contributed by atoms with Crippen molar-refractivity contribution in [1.29, 1.82) is 0 Å². The maximum atomic E-state index is 10.4. The summed E-state index contributed by atoms with van der Waals surface area (Å²) in [4.78, 5) is 20.8. The molecule has 0 aliphatic rings. The Bertz CT molecular complexity index is 466. The Labute approximate surface area is 91.0 Å². The van der Waals surface area contributed by atoms with E-state index < -0.39 is 22.5 Å². The summed E-state index contributed by atoms with van der Waals surface area (Å²) in [5.74, 6) is -2.25. The fourth-order valence-electron chi connectivity index (χ4n) is 0.785. The molecule has 2 N–H and O–H groups in total. The van der Waals surface area contributed by atoms with Crippen LogP contribution in [0.2, 0.25) is 0 Å². The summed E-state index contributed by atoms with van der Waals surface area (Å²) in [6.07, 6.45) is 0. The highest BCUT2D eigenvalue weighted by Crippen LogP contribution is 2.04. The first-order valence-corrected chi connectivity index (χ1v) is 4.68. The van der Waals surface area contributed by atoms with Gasteiger partial charge >= 0.3 is 22.5 Å². The smallest absolute Gasteiger partial charge is 0.425 e. The van der Waals surface area contributed by atoms with Gasteiger partial charge in [0.1, 0.15) is 0 Å². The zero-order valence-corrected chi connectivity index (χ0v) is 8.47. The van der Waals surface area contributed by atoms with Crippen molar-refractivity contribution in [1.82, 2.24) is 0 Å². The molecule has 0 aliphatic carbocycles. The van der Waals surface area contributed by atoms with E-state index in [2.05, 4.69) is 0 Å². The number of hydrogen-bond donors (Lipinski definition) is 2. The molecule has 8 heteroatoms. The zero-order valence-electron chi connectivity index (χ0n) is 7.65. The normalized spacial score (nSPS) is 8.50. The molecule has 0 radical (unpaired) electrons. The van der Waals surface area contributed by atoms with Crippen LogP contribution in [0.25, 0.3) is 0 Å². The van der Waals surface area contributed by atoms with E-state index in [-0.39, 0.29) is 11.1 Å². The van der Waals surface area contributed by atoms with E-state index in [1.54, 1.807) is 0 Å². The number of carbonyl (C=O) groups is 2. The van der Waals surface area contributed by atoms with Crippen LogP contribution in [0.1, 0.15) is 20.7 Å². The van der Waals surface area contributed by atoms with E-state index in [9.17, 15) is 9.59 Å². The molecule has 16 heavy (non-hydrogen) atoms. The third-order valence-electron chi connectivity index (χ3n) is 1.36. The highest BCUT2D eigenvalue weighted by Gasteiger charge is 2.06. The second-order valence-electron chi connectivity index (χ2n) is 2.40. The van der Waals surface area contributed by atoms with Crippen LogP contribution in [0, 0.1) is 0 Å². The summed E-state index contributed by atoms with van der Waals surface area (Å²) in [6, 6.07) is 5.20. The quantitative estimate of drug-likeness (QED) is 0.756. The molecule has 0 bridgehead atoms. The monoisotopic (exact) mass is 246 g/mol. The molecule has 0 fully saturated rings. The highest BCUT2D eigenvalue weighted by atomic mass is 32.2. The van der Waals surface area contributed by atoms with Crippen molar-refractivity contribution in [3.63, 3.8) is 0 Å². The van der Waals surface area contributed by atoms with Crippen molar-refractivity contribution < 1.29 is 32.4 Å². The maximum absolute atomic E-state index is 10.4. The van der Waals surface area contributed by atoms with Crippen molar-refractivity contribution in [2.24, 2.45) is 0 Å². The Balaban J connectivity index is 0.000000487. The van der Waals surface area contributed by atoms with E-state index >= 15 is 0 Å². The van der Waals surface area contributed by atoms with Gasteiger partial charge < -0.3 is 10.2 Å². The molecule has 0 unspecified atom stereocenters. The van der Waals surface area contributed by atoms with Gasteiger partial charge in [-0.25, -0.2) is 9.59 Å². The lowest BCUT2D eigenvalue weighted by Gasteiger charge is -1.95. The first-order valence-electron chi connectivity index (χ1n) is 3.68. The van der Waals surface area contributed by atoms with Gasteiger partial charge in [0.2, 0.25) is 0 Å². The summed E-state index contributed by atoms with van der Waals surface area (Å²) in [5.41, 5.74) is -0.0372. The Kier molecular flexibility index (Phi) is 5.42. The SMILES string of the molecule is O=C(O)c1cccc(C(=O)O)c1.O=S(=O)=O. The lowest BCUT2D eigenvalue weighted by molar-refractivity contribution is 0.0696. The highest BCUT2D eigenvalue weighted by molar-refractivity contribution is 7.59. The van der Waals surface area contributed by atoms with Crippen molar-refractivity contribution in [2.75, 3.05) is 0 Å². The van der Waals surface area contributed by atoms with Crippen LogP contribution in [0.15, 0.2) is 24.3 Å². The number of hydrogen-bond acceptors (Lipinski definition) is 5. The average molecular weight is 246 g/mol. The minimum absolute atomic E-state index is 0.0186. The summed E-state index contributed by atoms with van der Waals surface area (Å²) < 4.78 is 25.3. The van der Waals surface area contributed by atoms with Crippen LogP contribution in [-0.2, 0) is 10.6 Å². The van der Waals surface area contributed by atoms with E-state index in [4.69, 9.17) is 22.8 Å². The van der Waals surface area contributed by atoms with Gasteiger partial charge in [-0.1, -0.05) is 6.07 Å². The van der Waals surface area contributed by atoms with E-state index in [1.165, 1.54) is 18.2 Å². The lowest BCUT2D eigenvalue weighted by atomic mass is 10.1. The second kappa shape index (κ2) is 6.30. The van der Waals surface area contributed by atoms with Gasteiger partial charge in [-0.15, -0.1) is 12.6 Å². The van der Waals surface area contributed by atoms with Crippen molar-refractivity contribution in [3.05, 3.63) is 35.4 Å². The number of aromatic carboxylic acids is 2. The summed E-state index contributed by atoms with van der Waals surface area (Å²) >= 11 is 0. The molecule has 0 aliphatic heterocycles. The molecule has 0 atom stereocenters. The van der Waals surface area contributed by atoms with Gasteiger partial charge in [-0.3, -0.25) is 0 Å². The minimum atomic E-state index is -3.11. The molecule has 0 amide bonds. The minimum Gasteiger partial charge on any atom is -0.478 e. The molecular weight excluding hydrogens is 240 g/mol. The Morgan fingerprint density at radius 1 is 0.938 bits per heavy atom. The molecule has 0 saturated carbocycles. The van der Waals surface area contributed by atoms with Gasteiger partial charge in [0.15, 0.2) is 0 Å². The third-order valence-corrected chi connectivity index (χ3v) is 1.36. The fraction of sp³-hybridized carbons (Fsp3) is 0. The molecule has 0 spiro atoms. The van der Waals surface area contributed by atoms with Crippen LogP contribution < -0.4 is 0 Å². The Hall–Kier alpha value is -2.22. The first-order chi connectivity index (χ1) is 7.34. The zero-order chi connectivity index (χ0) is 12.7. The van der Waals surface area contributed by atoms with E-state index in [1.807, 2.05) is 0 Å². The molecule has 86 valence electrons. The summed E-state index contributed by atoms with van der Waals surface area (Å²) in [5, 5.41) is 17.0. The molecule has 1 aromatic rings. The first kappa shape index (κ1) is 13.8. The third kappa shape index (κ3) is 5.50.